The Kier molecular flexibility index (Phi) is 6.68. The van der Waals surface area contributed by atoms with Crippen LogP contribution in [-0.2, 0) is 14.6 Å². The molecule has 1 unspecified atom stereocenters. The molecule has 0 aromatic heterocycles. The summed E-state index contributed by atoms with van der Waals surface area (Å²) in [6.45, 7) is 0.322. The summed E-state index contributed by atoms with van der Waals surface area (Å²) in [5.74, 6) is -0.0651. The number of thiocarbonyl (C=S) groups is 1. The predicted octanol–water partition coefficient (Wildman–Crippen LogP) is 1.97. The Morgan fingerprint density at radius 3 is 2.71 bits per heavy atom. The lowest BCUT2D eigenvalue weighted by Crippen LogP contribution is -2.38. The Morgan fingerprint density at radius 1 is 1.33 bits per heavy atom. The van der Waals surface area contributed by atoms with Crippen LogP contribution in [-0.4, -0.2) is 43.5 Å². The van der Waals surface area contributed by atoms with E-state index in [1.54, 1.807) is 18.2 Å². The maximum absolute atomic E-state index is 11.8. The number of amides is 1. The van der Waals surface area contributed by atoms with Gasteiger partial charge in [0, 0.05) is 24.0 Å². The molecule has 0 radical (unpaired) electrons. The van der Waals surface area contributed by atoms with Gasteiger partial charge >= 0.3 is 0 Å². The molecule has 1 amide bonds. The van der Waals surface area contributed by atoms with Crippen molar-refractivity contribution in [1.82, 2.24) is 10.6 Å². The topological polar surface area (TPSA) is 87.3 Å². The fourth-order valence-electron chi connectivity index (χ4n) is 2.26. The minimum Gasteiger partial charge on any atom is -0.362 e. The minimum absolute atomic E-state index is 0.0151. The summed E-state index contributed by atoms with van der Waals surface area (Å²) < 4.78 is 22.7. The van der Waals surface area contributed by atoms with Gasteiger partial charge in [-0.2, -0.15) is 0 Å². The number of halogens is 2. The van der Waals surface area contributed by atoms with Crippen LogP contribution in [0.25, 0.3) is 0 Å². The van der Waals surface area contributed by atoms with Crippen molar-refractivity contribution in [1.29, 1.82) is 0 Å². The third-order valence-electron chi connectivity index (χ3n) is 3.41. The first-order chi connectivity index (χ1) is 11.2. The van der Waals surface area contributed by atoms with Gasteiger partial charge in [0.1, 0.15) is 0 Å². The zero-order valence-corrected chi connectivity index (χ0v) is 15.8. The quantitative estimate of drug-likeness (QED) is 0.644. The summed E-state index contributed by atoms with van der Waals surface area (Å²) >= 11 is 17.0. The van der Waals surface area contributed by atoms with E-state index in [0.29, 0.717) is 33.8 Å². The Balaban J connectivity index is 1.69. The third-order valence-corrected chi connectivity index (χ3v) is 5.98. The number of sulfone groups is 1. The summed E-state index contributed by atoms with van der Waals surface area (Å²) in [6, 6.07) is 4.69. The van der Waals surface area contributed by atoms with Gasteiger partial charge in [-0.25, -0.2) is 8.42 Å². The number of carbonyl (C=O) groups is 1. The maximum atomic E-state index is 11.8. The van der Waals surface area contributed by atoms with Gasteiger partial charge in [0.05, 0.1) is 22.2 Å². The average Bonchev–Trinajstić information content (AvgIpc) is 2.81. The summed E-state index contributed by atoms with van der Waals surface area (Å²) in [7, 11) is -3.00. The lowest BCUT2D eigenvalue weighted by molar-refractivity contribution is -0.121. The van der Waals surface area contributed by atoms with Gasteiger partial charge in [0.2, 0.25) is 5.91 Å². The highest BCUT2D eigenvalue weighted by molar-refractivity contribution is 7.91. The first-order valence-electron chi connectivity index (χ1n) is 7.25. The number of anilines is 1. The monoisotopic (exact) mass is 409 g/mol. The van der Waals surface area contributed by atoms with Crippen molar-refractivity contribution in [2.75, 3.05) is 23.4 Å². The van der Waals surface area contributed by atoms with Crippen LogP contribution in [0.3, 0.4) is 0 Å². The van der Waals surface area contributed by atoms with Gasteiger partial charge < -0.3 is 16.0 Å². The number of hydrogen-bond acceptors (Lipinski definition) is 4. The van der Waals surface area contributed by atoms with E-state index >= 15 is 0 Å². The van der Waals surface area contributed by atoms with Crippen LogP contribution in [0, 0.1) is 0 Å². The van der Waals surface area contributed by atoms with E-state index in [0.717, 1.165) is 0 Å². The van der Waals surface area contributed by atoms with Gasteiger partial charge in [-0.15, -0.1) is 0 Å². The zero-order chi connectivity index (χ0) is 17.7. The molecule has 0 saturated carbocycles. The summed E-state index contributed by atoms with van der Waals surface area (Å²) in [6.07, 6.45) is 0.656. The van der Waals surface area contributed by atoms with Crippen LogP contribution in [0.2, 0.25) is 10.0 Å². The highest BCUT2D eigenvalue weighted by atomic mass is 35.5. The van der Waals surface area contributed by atoms with Gasteiger partial charge in [0.15, 0.2) is 14.9 Å². The highest BCUT2D eigenvalue weighted by Crippen LogP contribution is 2.25. The molecular formula is C14H17Cl2N3O3S2. The fraction of sp³-hybridized carbons (Fsp3) is 0.429. The molecule has 1 aromatic rings. The van der Waals surface area contributed by atoms with E-state index in [4.69, 9.17) is 35.4 Å². The molecule has 0 bridgehead atoms. The summed E-state index contributed by atoms with van der Waals surface area (Å²) in [5, 5.41) is 9.81. The van der Waals surface area contributed by atoms with Crippen molar-refractivity contribution in [2.24, 2.45) is 0 Å². The Morgan fingerprint density at radius 2 is 2.08 bits per heavy atom. The molecular weight excluding hydrogens is 393 g/mol. The van der Waals surface area contributed by atoms with Crippen LogP contribution >= 0.6 is 35.4 Å². The molecule has 0 spiro atoms. The van der Waals surface area contributed by atoms with E-state index in [2.05, 4.69) is 16.0 Å². The lowest BCUT2D eigenvalue weighted by Gasteiger charge is -2.13. The average molecular weight is 410 g/mol. The molecule has 1 aliphatic rings. The molecule has 24 heavy (non-hydrogen) atoms. The van der Waals surface area contributed by atoms with E-state index < -0.39 is 9.84 Å². The molecule has 0 aliphatic carbocycles. The number of rotatable bonds is 5. The second kappa shape index (κ2) is 8.33. The van der Waals surface area contributed by atoms with E-state index in [9.17, 15) is 13.2 Å². The van der Waals surface area contributed by atoms with Crippen molar-refractivity contribution in [3.63, 3.8) is 0 Å². The van der Waals surface area contributed by atoms with E-state index in [1.165, 1.54) is 0 Å². The molecule has 1 aromatic carbocycles. The van der Waals surface area contributed by atoms with Crippen molar-refractivity contribution >= 4 is 62.0 Å². The maximum Gasteiger partial charge on any atom is 0.222 e. The Labute approximate surface area is 156 Å². The standard InChI is InChI=1S/C14H17Cl2N3O3S2/c15-9-1-2-12(11(16)7-9)19-14(23)17-5-3-13(20)18-10-4-6-24(21,22)8-10/h1-2,7,10H,3-6,8H2,(H,18,20)(H2,17,19,23). The number of benzene rings is 1. The molecule has 6 nitrogen and oxygen atoms in total. The summed E-state index contributed by atoms with van der Waals surface area (Å²) in [4.78, 5) is 11.8. The van der Waals surface area contributed by atoms with Crippen LogP contribution in [0.4, 0.5) is 5.69 Å². The number of hydrogen-bond donors (Lipinski definition) is 3. The van der Waals surface area contributed by atoms with Crippen LogP contribution in [0.5, 0.6) is 0 Å². The van der Waals surface area contributed by atoms with Gasteiger partial charge in [-0.3, -0.25) is 4.79 Å². The smallest absolute Gasteiger partial charge is 0.222 e. The van der Waals surface area contributed by atoms with Crippen molar-refractivity contribution < 1.29 is 13.2 Å². The van der Waals surface area contributed by atoms with Crippen LogP contribution in [0.1, 0.15) is 12.8 Å². The zero-order valence-electron chi connectivity index (χ0n) is 12.6. The van der Waals surface area contributed by atoms with Gasteiger partial charge in [0.25, 0.3) is 0 Å². The van der Waals surface area contributed by atoms with Crippen molar-refractivity contribution in [2.45, 2.75) is 18.9 Å². The minimum atomic E-state index is -3.00. The molecule has 10 heteroatoms. The van der Waals surface area contributed by atoms with Crippen molar-refractivity contribution in [3.8, 4) is 0 Å². The molecule has 1 fully saturated rings. The second-order valence-electron chi connectivity index (χ2n) is 5.42. The normalized spacial score (nSPS) is 18.8. The van der Waals surface area contributed by atoms with Gasteiger partial charge in [-0.05, 0) is 36.8 Å². The first kappa shape index (κ1) is 19.2. The highest BCUT2D eigenvalue weighted by Gasteiger charge is 2.28. The van der Waals surface area contributed by atoms with Crippen LogP contribution < -0.4 is 16.0 Å². The fourth-order valence-corrected chi connectivity index (χ4v) is 4.60. The predicted molar refractivity (Wildman–Crippen MR) is 101 cm³/mol. The molecule has 3 N–H and O–H groups in total. The number of nitrogens with one attached hydrogen (secondary N) is 3. The molecule has 2 rings (SSSR count). The molecule has 1 aliphatic heterocycles. The molecule has 1 saturated heterocycles. The first-order valence-corrected chi connectivity index (χ1v) is 10.2. The second-order valence-corrected chi connectivity index (χ2v) is 8.90. The Bertz CT molecular complexity index is 741. The largest absolute Gasteiger partial charge is 0.362 e. The third kappa shape index (κ3) is 6.08. The Hall–Kier alpha value is -1.09. The lowest BCUT2D eigenvalue weighted by atomic mass is 10.2. The van der Waals surface area contributed by atoms with Crippen LogP contribution in [0.15, 0.2) is 18.2 Å². The van der Waals surface area contributed by atoms with Gasteiger partial charge in [-0.1, -0.05) is 23.2 Å². The molecule has 1 atom stereocenters. The van der Waals surface area contributed by atoms with E-state index in [1.807, 2.05) is 0 Å². The molecule has 132 valence electrons. The van der Waals surface area contributed by atoms with E-state index in [-0.39, 0.29) is 29.9 Å². The SMILES string of the molecule is O=C(CCNC(=S)Nc1ccc(Cl)cc1Cl)NC1CCS(=O)(=O)C1. The van der Waals surface area contributed by atoms with Crippen molar-refractivity contribution in [3.05, 3.63) is 28.2 Å². The summed E-state index contributed by atoms with van der Waals surface area (Å²) in [5.41, 5.74) is 0.610. The molecule has 1 heterocycles. The number of carbonyl (C=O) groups excluding carboxylic acids is 1.